The monoisotopic (exact) mass is 402 g/mol. The first kappa shape index (κ1) is 20.0. The summed E-state index contributed by atoms with van der Waals surface area (Å²) in [5.74, 6) is 1.90. The van der Waals surface area contributed by atoms with Crippen LogP contribution in [-0.2, 0) is 4.74 Å². The van der Waals surface area contributed by atoms with E-state index in [0.29, 0.717) is 38.8 Å². The van der Waals surface area contributed by atoms with Gasteiger partial charge in [-0.1, -0.05) is 11.6 Å². The van der Waals surface area contributed by atoms with Gasteiger partial charge in [0.25, 0.3) is 0 Å². The number of anilines is 1. The summed E-state index contributed by atoms with van der Waals surface area (Å²) in [6, 6.07) is 8.97. The molecule has 0 N–H and O–H groups in total. The molecule has 0 radical (unpaired) electrons. The number of aromatic nitrogens is 1. The Kier molecular flexibility index (Phi) is 5.26. The largest absolute Gasteiger partial charge is 0.495 e. The molecule has 0 spiro atoms. The Balaban J connectivity index is 2.11. The molecule has 0 aliphatic rings. The van der Waals surface area contributed by atoms with E-state index in [2.05, 4.69) is 4.98 Å². The normalized spacial score (nSPS) is 11.5. The minimum Gasteiger partial charge on any atom is -0.495 e. The molecule has 28 heavy (non-hydrogen) atoms. The molecule has 7 heteroatoms. The van der Waals surface area contributed by atoms with Crippen LogP contribution in [0.15, 0.2) is 34.7 Å². The second kappa shape index (κ2) is 7.36. The minimum absolute atomic E-state index is 0.492. The first-order valence-corrected chi connectivity index (χ1v) is 9.18. The zero-order chi connectivity index (χ0) is 20.6. The molecule has 3 rings (SSSR count). The summed E-state index contributed by atoms with van der Waals surface area (Å²) < 4.78 is 16.6. The van der Waals surface area contributed by atoms with Crippen molar-refractivity contribution in [2.75, 3.05) is 19.1 Å². The number of fused-ring (bicyclic) bond motifs is 1. The van der Waals surface area contributed by atoms with Crippen molar-refractivity contribution < 1.29 is 18.7 Å². The Bertz CT molecular complexity index is 1040. The van der Waals surface area contributed by atoms with Gasteiger partial charge in [0.15, 0.2) is 5.76 Å². The molecule has 3 aromatic rings. The standard InChI is InChI=1S/C21H23ClN2O4/c1-12-7-8-18(27-12)16-10-14(22)13-9-19(26-6)17(11-15(13)23-16)24(5)20(25)28-21(2,3)4/h7-11H,1-6H3. The van der Waals surface area contributed by atoms with Crippen LogP contribution in [0, 0.1) is 6.92 Å². The zero-order valence-electron chi connectivity index (χ0n) is 16.8. The lowest BCUT2D eigenvalue weighted by Crippen LogP contribution is -2.34. The molecule has 0 unspecified atom stereocenters. The fraction of sp³-hybridized carbons (Fsp3) is 0.333. The number of hydrogen-bond acceptors (Lipinski definition) is 5. The van der Waals surface area contributed by atoms with Gasteiger partial charge in [-0.05, 0) is 58.0 Å². The molecule has 2 aromatic heterocycles. The molecule has 2 heterocycles. The average molecular weight is 403 g/mol. The molecule has 1 amide bonds. The van der Waals surface area contributed by atoms with E-state index in [1.54, 1.807) is 25.2 Å². The highest BCUT2D eigenvalue weighted by molar-refractivity contribution is 6.35. The molecule has 0 atom stereocenters. The van der Waals surface area contributed by atoms with Crippen molar-refractivity contribution >= 4 is 34.3 Å². The summed E-state index contributed by atoms with van der Waals surface area (Å²) in [5.41, 5.74) is 1.14. The van der Waals surface area contributed by atoms with Gasteiger partial charge in [0, 0.05) is 12.4 Å². The molecule has 0 saturated carbocycles. The third kappa shape index (κ3) is 4.07. The Morgan fingerprint density at radius 3 is 2.50 bits per heavy atom. The molecule has 0 bridgehead atoms. The lowest BCUT2D eigenvalue weighted by atomic mass is 10.1. The predicted octanol–water partition coefficient (Wildman–Crippen LogP) is 5.84. The number of benzene rings is 1. The second-order valence-corrected chi connectivity index (χ2v) is 7.89. The smallest absolute Gasteiger partial charge is 0.414 e. The molecular weight excluding hydrogens is 380 g/mol. The van der Waals surface area contributed by atoms with Gasteiger partial charge in [-0.3, -0.25) is 4.90 Å². The number of nitrogens with zero attached hydrogens (tertiary/aromatic N) is 2. The molecule has 0 fully saturated rings. The van der Waals surface area contributed by atoms with Crippen molar-refractivity contribution in [3.05, 3.63) is 41.1 Å². The summed E-state index contributed by atoms with van der Waals surface area (Å²) in [7, 11) is 3.16. The number of aryl methyl sites for hydroxylation is 1. The summed E-state index contributed by atoms with van der Waals surface area (Å²) in [6.45, 7) is 7.31. The SMILES string of the molecule is COc1cc2c(Cl)cc(-c3ccc(C)o3)nc2cc1N(C)C(=O)OC(C)(C)C. The van der Waals surface area contributed by atoms with Crippen molar-refractivity contribution in [2.45, 2.75) is 33.3 Å². The predicted molar refractivity (Wildman–Crippen MR) is 110 cm³/mol. The number of rotatable bonds is 3. The molecule has 6 nitrogen and oxygen atoms in total. The van der Waals surface area contributed by atoms with E-state index in [9.17, 15) is 4.79 Å². The van der Waals surface area contributed by atoms with Crippen LogP contribution in [0.1, 0.15) is 26.5 Å². The maximum absolute atomic E-state index is 12.5. The van der Waals surface area contributed by atoms with Crippen molar-refractivity contribution in [1.29, 1.82) is 0 Å². The Morgan fingerprint density at radius 2 is 1.93 bits per heavy atom. The van der Waals surface area contributed by atoms with Crippen LogP contribution in [0.3, 0.4) is 0 Å². The van der Waals surface area contributed by atoms with Crippen LogP contribution >= 0.6 is 11.6 Å². The fourth-order valence-electron chi connectivity index (χ4n) is 2.75. The van der Waals surface area contributed by atoms with Gasteiger partial charge in [-0.2, -0.15) is 0 Å². The van der Waals surface area contributed by atoms with Crippen molar-refractivity contribution in [3.63, 3.8) is 0 Å². The highest BCUT2D eigenvalue weighted by atomic mass is 35.5. The molecule has 0 aliphatic carbocycles. The Morgan fingerprint density at radius 1 is 1.21 bits per heavy atom. The van der Waals surface area contributed by atoms with Gasteiger partial charge in [-0.25, -0.2) is 9.78 Å². The molecule has 0 saturated heterocycles. The summed E-state index contributed by atoms with van der Waals surface area (Å²) in [6.07, 6.45) is -0.492. The van der Waals surface area contributed by atoms with Crippen LogP contribution in [0.5, 0.6) is 5.75 Å². The molecule has 148 valence electrons. The van der Waals surface area contributed by atoms with Gasteiger partial charge in [-0.15, -0.1) is 0 Å². The maximum Gasteiger partial charge on any atom is 0.414 e. The van der Waals surface area contributed by atoms with Gasteiger partial charge in [0.1, 0.15) is 22.8 Å². The Labute approximate surface area is 169 Å². The number of furan rings is 1. The number of methoxy groups -OCH3 is 1. The van der Waals surface area contributed by atoms with Crippen molar-refractivity contribution in [3.8, 4) is 17.2 Å². The number of pyridine rings is 1. The summed E-state index contributed by atoms with van der Waals surface area (Å²) >= 11 is 6.49. The van der Waals surface area contributed by atoms with Gasteiger partial charge >= 0.3 is 6.09 Å². The van der Waals surface area contributed by atoms with E-state index in [1.807, 2.05) is 39.8 Å². The third-order valence-electron chi connectivity index (χ3n) is 4.08. The lowest BCUT2D eigenvalue weighted by Gasteiger charge is -2.26. The molecular formula is C21H23ClN2O4. The average Bonchev–Trinajstić information content (AvgIpc) is 3.05. The van der Waals surface area contributed by atoms with Crippen LogP contribution in [0.25, 0.3) is 22.4 Å². The number of halogens is 1. The summed E-state index contributed by atoms with van der Waals surface area (Å²) in [4.78, 5) is 18.6. The van der Waals surface area contributed by atoms with E-state index in [1.165, 1.54) is 12.0 Å². The van der Waals surface area contributed by atoms with Crippen LogP contribution in [0.4, 0.5) is 10.5 Å². The number of amides is 1. The quantitative estimate of drug-likeness (QED) is 0.550. The van der Waals surface area contributed by atoms with E-state index in [0.717, 1.165) is 5.76 Å². The van der Waals surface area contributed by atoms with Crippen molar-refractivity contribution in [1.82, 2.24) is 4.98 Å². The first-order valence-electron chi connectivity index (χ1n) is 8.81. The number of hydrogen-bond donors (Lipinski definition) is 0. The minimum atomic E-state index is -0.610. The fourth-order valence-corrected chi connectivity index (χ4v) is 3.01. The molecule has 1 aromatic carbocycles. The van der Waals surface area contributed by atoms with Gasteiger partial charge in [0.05, 0.1) is 23.3 Å². The first-order chi connectivity index (χ1) is 13.1. The maximum atomic E-state index is 12.5. The third-order valence-corrected chi connectivity index (χ3v) is 4.39. The van der Waals surface area contributed by atoms with E-state index in [4.69, 9.17) is 25.5 Å². The van der Waals surface area contributed by atoms with Crippen LogP contribution in [0.2, 0.25) is 5.02 Å². The van der Waals surface area contributed by atoms with E-state index in [-0.39, 0.29) is 0 Å². The van der Waals surface area contributed by atoms with E-state index >= 15 is 0 Å². The van der Waals surface area contributed by atoms with Crippen LogP contribution in [-0.4, -0.2) is 30.8 Å². The zero-order valence-corrected chi connectivity index (χ0v) is 17.5. The van der Waals surface area contributed by atoms with Crippen LogP contribution < -0.4 is 9.64 Å². The Hall–Kier alpha value is -2.73. The second-order valence-electron chi connectivity index (χ2n) is 7.48. The van der Waals surface area contributed by atoms with Gasteiger partial charge in [0.2, 0.25) is 0 Å². The topological polar surface area (TPSA) is 64.8 Å². The highest BCUT2D eigenvalue weighted by Gasteiger charge is 2.24. The number of ether oxygens (including phenoxy) is 2. The summed E-state index contributed by atoms with van der Waals surface area (Å²) in [5, 5.41) is 1.23. The number of carbonyl (C=O) groups excluding carboxylic acids is 1. The van der Waals surface area contributed by atoms with E-state index < -0.39 is 11.7 Å². The van der Waals surface area contributed by atoms with Gasteiger partial charge < -0.3 is 13.9 Å². The highest BCUT2D eigenvalue weighted by Crippen LogP contribution is 2.37. The van der Waals surface area contributed by atoms with Crippen molar-refractivity contribution in [2.24, 2.45) is 0 Å². The molecule has 0 aliphatic heterocycles. The lowest BCUT2D eigenvalue weighted by molar-refractivity contribution is 0.0588. The number of carbonyl (C=O) groups is 1.